The van der Waals surface area contributed by atoms with Gasteiger partial charge >= 0.3 is 0 Å². The Morgan fingerprint density at radius 3 is 1.97 bits per heavy atom. The molecular formula is C26H27N3O5. The van der Waals surface area contributed by atoms with E-state index in [0.29, 0.717) is 26.4 Å². The van der Waals surface area contributed by atoms with E-state index in [1.807, 2.05) is 6.07 Å². The van der Waals surface area contributed by atoms with Gasteiger partial charge in [-0.25, -0.2) is 0 Å². The molecule has 0 spiro atoms. The molecule has 1 saturated heterocycles. The number of piperazine rings is 1. The van der Waals surface area contributed by atoms with Crippen LogP contribution in [0, 0.1) is 11.3 Å². The molecule has 1 N–H and O–H groups in total. The molecule has 0 aromatic heterocycles. The minimum absolute atomic E-state index is 0.0223. The second kappa shape index (κ2) is 7.51. The predicted octanol–water partition coefficient (Wildman–Crippen LogP) is 1.99. The molecule has 5 aliphatic rings. The van der Waals surface area contributed by atoms with Gasteiger partial charge in [0.05, 0.1) is 24.8 Å². The number of benzene rings is 2. The van der Waals surface area contributed by atoms with E-state index in [1.54, 1.807) is 0 Å². The van der Waals surface area contributed by atoms with Crippen LogP contribution in [0.3, 0.4) is 0 Å². The Hall–Kier alpha value is -2.99. The van der Waals surface area contributed by atoms with Gasteiger partial charge in [0.2, 0.25) is 0 Å². The summed E-state index contributed by atoms with van der Waals surface area (Å²) in [5, 5.41) is 21.0. The molecule has 7 rings (SSSR count). The van der Waals surface area contributed by atoms with Crippen molar-refractivity contribution >= 4 is 0 Å². The molecule has 5 heterocycles. The lowest BCUT2D eigenvalue weighted by Crippen LogP contribution is -2.68. The second-order valence-electron chi connectivity index (χ2n) is 9.76. The van der Waals surface area contributed by atoms with Crippen molar-refractivity contribution in [3.63, 3.8) is 0 Å². The highest BCUT2D eigenvalue weighted by molar-refractivity contribution is 5.54. The lowest BCUT2D eigenvalue weighted by Gasteiger charge is -2.59. The Morgan fingerprint density at radius 2 is 1.38 bits per heavy atom. The van der Waals surface area contributed by atoms with Crippen LogP contribution in [0.25, 0.3) is 0 Å². The van der Waals surface area contributed by atoms with Crippen LogP contribution < -0.4 is 18.9 Å². The molecule has 2 bridgehead atoms. The minimum atomic E-state index is -0.342. The minimum Gasteiger partial charge on any atom is -0.486 e. The average Bonchev–Trinajstić information content (AvgIpc) is 2.86. The topological polar surface area (TPSA) is 87.4 Å². The van der Waals surface area contributed by atoms with Crippen molar-refractivity contribution in [2.24, 2.45) is 0 Å². The highest BCUT2D eigenvalue weighted by Gasteiger charge is 2.54. The van der Waals surface area contributed by atoms with E-state index in [2.05, 4.69) is 41.1 Å². The molecule has 0 unspecified atom stereocenters. The molecule has 2 aromatic carbocycles. The van der Waals surface area contributed by atoms with Crippen molar-refractivity contribution in [1.29, 1.82) is 5.26 Å². The molecule has 34 heavy (non-hydrogen) atoms. The summed E-state index contributed by atoms with van der Waals surface area (Å²) in [6, 6.07) is 10.5. The molecule has 176 valence electrons. The summed E-state index contributed by atoms with van der Waals surface area (Å²) in [7, 11) is 2.13. The van der Waals surface area contributed by atoms with Crippen LogP contribution in [0.15, 0.2) is 24.3 Å². The van der Waals surface area contributed by atoms with Crippen LogP contribution in [0.4, 0.5) is 0 Å². The molecule has 0 amide bonds. The largest absolute Gasteiger partial charge is 0.486 e. The fourth-order valence-corrected chi connectivity index (χ4v) is 6.78. The van der Waals surface area contributed by atoms with Crippen LogP contribution in [0.1, 0.15) is 34.3 Å². The van der Waals surface area contributed by atoms with E-state index >= 15 is 0 Å². The summed E-state index contributed by atoms with van der Waals surface area (Å²) < 4.78 is 23.5. The van der Waals surface area contributed by atoms with E-state index in [-0.39, 0.29) is 36.8 Å². The normalized spacial score (nSPS) is 31.0. The highest BCUT2D eigenvalue weighted by Crippen LogP contribution is 2.52. The van der Waals surface area contributed by atoms with Gasteiger partial charge in [0.15, 0.2) is 23.0 Å². The van der Waals surface area contributed by atoms with E-state index in [1.165, 1.54) is 11.1 Å². The third-order valence-electron chi connectivity index (χ3n) is 8.20. The summed E-state index contributed by atoms with van der Waals surface area (Å²) in [6.45, 7) is 2.10. The molecule has 2 aromatic rings. The first-order valence-corrected chi connectivity index (χ1v) is 12.0. The fourth-order valence-electron chi connectivity index (χ4n) is 6.78. The van der Waals surface area contributed by atoms with Gasteiger partial charge in [-0.2, -0.15) is 5.26 Å². The first kappa shape index (κ1) is 20.4. The van der Waals surface area contributed by atoms with Gasteiger partial charge < -0.3 is 24.1 Å². The number of nitrogens with zero attached hydrogens (tertiary/aromatic N) is 3. The zero-order valence-electron chi connectivity index (χ0n) is 19.1. The highest BCUT2D eigenvalue weighted by atomic mass is 16.6. The SMILES string of the molecule is CN1[C@@H]2c3cc4c(cc3C[C@H]1[C@H](C#N)N1[C@@H](CO)c3cc5c(cc3C[C@@H]21)OCCO5)OCCO4. The molecule has 0 saturated carbocycles. The lowest BCUT2D eigenvalue weighted by atomic mass is 9.72. The van der Waals surface area contributed by atoms with Gasteiger partial charge in [-0.1, -0.05) is 0 Å². The zero-order valence-corrected chi connectivity index (χ0v) is 19.1. The number of aliphatic hydroxyl groups is 1. The molecule has 8 nitrogen and oxygen atoms in total. The van der Waals surface area contributed by atoms with Crippen molar-refractivity contribution in [3.8, 4) is 29.1 Å². The Kier molecular flexibility index (Phi) is 4.50. The summed E-state index contributed by atoms with van der Waals surface area (Å²) >= 11 is 0. The van der Waals surface area contributed by atoms with Crippen molar-refractivity contribution < 1.29 is 24.1 Å². The molecule has 5 aliphatic heterocycles. The quantitative estimate of drug-likeness (QED) is 0.690. The van der Waals surface area contributed by atoms with E-state index < -0.39 is 0 Å². The summed E-state index contributed by atoms with van der Waals surface area (Å²) in [4.78, 5) is 4.64. The first-order valence-electron chi connectivity index (χ1n) is 12.0. The summed E-state index contributed by atoms with van der Waals surface area (Å²) in [5.41, 5.74) is 4.64. The monoisotopic (exact) mass is 461 g/mol. The number of aliphatic hydroxyl groups excluding tert-OH is 1. The van der Waals surface area contributed by atoms with Gasteiger partial charge in [0.25, 0.3) is 0 Å². The molecule has 0 aliphatic carbocycles. The molecular weight excluding hydrogens is 434 g/mol. The molecule has 1 fully saturated rings. The average molecular weight is 462 g/mol. The number of fused-ring (bicyclic) bond motifs is 9. The number of hydrogen-bond donors (Lipinski definition) is 1. The second-order valence-corrected chi connectivity index (χ2v) is 9.76. The first-order chi connectivity index (χ1) is 16.7. The molecule has 5 atom stereocenters. The number of ether oxygens (including phenoxy) is 4. The van der Waals surface area contributed by atoms with E-state index in [0.717, 1.165) is 47.0 Å². The fraction of sp³-hybridized carbons (Fsp3) is 0.500. The van der Waals surface area contributed by atoms with Crippen LogP contribution >= 0.6 is 0 Å². The predicted molar refractivity (Wildman–Crippen MR) is 121 cm³/mol. The summed E-state index contributed by atoms with van der Waals surface area (Å²) in [5.74, 6) is 3.07. The Bertz CT molecular complexity index is 1210. The van der Waals surface area contributed by atoms with Crippen LogP contribution in [0.5, 0.6) is 23.0 Å². The third kappa shape index (κ3) is 2.75. The lowest BCUT2D eigenvalue weighted by molar-refractivity contribution is -0.0814. The van der Waals surface area contributed by atoms with Crippen molar-refractivity contribution in [2.45, 2.75) is 43.1 Å². The summed E-state index contributed by atoms with van der Waals surface area (Å²) in [6.07, 6.45) is 1.52. The molecule has 8 heteroatoms. The van der Waals surface area contributed by atoms with E-state index in [4.69, 9.17) is 18.9 Å². The van der Waals surface area contributed by atoms with Crippen molar-refractivity contribution in [2.75, 3.05) is 40.1 Å². The van der Waals surface area contributed by atoms with Gasteiger partial charge in [0.1, 0.15) is 32.5 Å². The van der Waals surface area contributed by atoms with Gasteiger partial charge in [-0.3, -0.25) is 9.80 Å². The van der Waals surface area contributed by atoms with Gasteiger partial charge in [-0.05, 0) is 66.4 Å². The Labute approximate surface area is 198 Å². The number of likely N-dealkylation sites (N-methyl/N-ethyl adjacent to an activating group) is 1. The molecule has 0 radical (unpaired) electrons. The maximum atomic E-state index is 10.6. The zero-order chi connectivity index (χ0) is 23.0. The Morgan fingerprint density at radius 1 is 0.853 bits per heavy atom. The smallest absolute Gasteiger partial charge is 0.161 e. The number of hydrogen-bond acceptors (Lipinski definition) is 8. The van der Waals surface area contributed by atoms with Gasteiger partial charge in [-0.15, -0.1) is 0 Å². The van der Waals surface area contributed by atoms with E-state index in [9.17, 15) is 10.4 Å². The Balaban J connectivity index is 1.39. The standard InChI is InChI=1S/C26H27N3O5/c1-28-18-6-15-9-23-25(34-5-3-32-23)11-17(15)26(28)19-7-14-8-22-24(33-4-2-31-22)10-16(14)21(13-30)29(19)20(18)12-27/h8-11,18-21,26,30H,2-7,13H2,1H3/t18-,19-,20-,21-,26+/m0/s1. The maximum Gasteiger partial charge on any atom is 0.161 e. The van der Waals surface area contributed by atoms with Gasteiger partial charge in [0, 0.05) is 12.1 Å². The van der Waals surface area contributed by atoms with Crippen LogP contribution in [-0.2, 0) is 12.8 Å². The van der Waals surface area contributed by atoms with Crippen molar-refractivity contribution in [3.05, 3.63) is 46.5 Å². The number of nitriles is 1. The third-order valence-corrected chi connectivity index (χ3v) is 8.20. The van der Waals surface area contributed by atoms with Crippen molar-refractivity contribution in [1.82, 2.24) is 9.80 Å². The number of rotatable bonds is 1. The van der Waals surface area contributed by atoms with Crippen LogP contribution in [0.2, 0.25) is 0 Å². The maximum absolute atomic E-state index is 10.6. The van der Waals surface area contributed by atoms with Crippen LogP contribution in [-0.4, -0.2) is 73.1 Å².